The smallest absolute Gasteiger partial charge is 0.0638 e. The van der Waals surface area contributed by atoms with Crippen LogP contribution in [0.1, 0.15) is 1.37 Å². The maximum Gasteiger partial charge on any atom is 0.0638 e. The van der Waals surface area contributed by atoms with Crippen molar-refractivity contribution in [1.29, 1.82) is 0 Å². The van der Waals surface area contributed by atoms with Crippen LogP contribution in [-0.4, -0.2) is 0 Å². The Hall–Kier alpha value is -1.05. The number of hydrogen-bond acceptors (Lipinski definition) is 1. The zero-order chi connectivity index (χ0) is 10.4. The molecule has 0 amide bonds. The minimum atomic E-state index is 0.551. The Morgan fingerprint density at radius 1 is 1.07 bits per heavy atom. The van der Waals surface area contributed by atoms with Crippen LogP contribution in [0.15, 0.2) is 42.4 Å². The Morgan fingerprint density at radius 2 is 1.93 bits per heavy atom. The summed E-state index contributed by atoms with van der Waals surface area (Å²) in [7, 11) is 0. The standard InChI is InChI=1S/C12H7ClS/c13-9-5-3-7-11-12(9)8-4-1-2-6-10(8)14-11/h1-7H/i7D. The molecule has 2 aromatic carbocycles. The zero-order valence-electron chi connectivity index (χ0n) is 8.25. The lowest BCUT2D eigenvalue weighted by molar-refractivity contribution is 1.84. The minimum absolute atomic E-state index is 0.551. The summed E-state index contributed by atoms with van der Waals surface area (Å²) < 4.78 is 10.0. The van der Waals surface area contributed by atoms with Crippen molar-refractivity contribution in [2.24, 2.45) is 0 Å². The average Bonchev–Trinajstić information content (AvgIpc) is 2.64. The molecule has 1 aromatic heterocycles. The molecule has 3 aromatic rings. The molecule has 2 heteroatoms. The van der Waals surface area contributed by atoms with Crippen LogP contribution in [0.25, 0.3) is 20.2 Å². The Bertz CT molecular complexity index is 657. The van der Waals surface area contributed by atoms with E-state index in [0.717, 1.165) is 20.5 Å². The van der Waals surface area contributed by atoms with E-state index in [-0.39, 0.29) is 0 Å². The third kappa shape index (κ3) is 1.06. The summed E-state index contributed by atoms with van der Waals surface area (Å²) in [6.45, 7) is 0. The molecule has 0 spiro atoms. The highest BCUT2D eigenvalue weighted by molar-refractivity contribution is 7.25. The van der Waals surface area contributed by atoms with Crippen LogP contribution in [0.2, 0.25) is 5.02 Å². The number of rotatable bonds is 0. The van der Waals surface area contributed by atoms with Crippen molar-refractivity contribution in [3.63, 3.8) is 0 Å². The van der Waals surface area contributed by atoms with E-state index in [2.05, 4.69) is 12.1 Å². The van der Waals surface area contributed by atoms with Crippen molar-refractivity contribution in [2.75, 3.05) is 0 Å². The second-order valence-corrected chi connectivity index (χ2v) is 4.59. The summed E-state index contributed by atoms with van der Waals surface area (Å²) in [5, 5.41) is 2.90. The van der Waals surface area contributed by atoms with Crippen molar-refractivity contribution >= 4 is 43.1 Å². The highest BCUT2D eigenvalue weighted by Gasteiger charge is 2.06. The third-order valence-corrected chi connectivity index (χ3v) is 3.70. The molecule has 0 radical (unpaired) electrons. The molecule has 0 N–H and O–H groups in total. The van der Waals surface area contributed by atoms with Gasteiger partial charge in [0, 0.05) is 25.2 Å². The summed E-state index contributed by atoms with van der Waals surface area (Å²) in [6.07, 6.45) is 0. The van der Waals surface area contributed by atoms with E-state index in [1.807, 2.05) is 12.1 Å². The lowest BCUT2D eigenvalue weighted by Gasteiger charge is -1.93. The molecule has 0 unspecified atom stereocenters. The molecule has 0 saturated carbocycles. The molecular formula is C12H7ClS. The first-order chi connectivity index (χ1) is 7.27. The Balaban J connectivity index is 2.66. The maximum atomic E-state index is 7.84. The number of thiophene rings is 1. The molecule has 0 aliphatic heterocycles. The number of fused-ring (bicyclic) bond motifs is 3. The maximum absolute atomic E-state index is 7.84. The van der Waals surface area contributed by atoms with E-state index in [9.17, 15) is 0 Å². The molecular weight excluding hydrogens is 212 g/mol. The summed E-state index contributed by atoms with van der Waals surface area (Å²) in [5.74, 6) is 0. The van der Waals surface area contributed by atoms with Gasteiger partial charge in [0.1, 0.15) is 0 Å². The molecule has 68 valence electrons. The third-order valence-electron chi connectivity index (χ3n) is 2.28. The highest BCUT2D eigenvalue weighted by Crippen LogP contribution is 2.37. The summed E-state index contributed by atoms with van der Waals surface area (Å²) in [6, 6.07) is 12.2. The first-order valence-corrected chi connectivity index (χ1v) is 5.53. The van der Waals surface area contributed by atoms with Gasteiger partial charge in [-0.05, 0) is 18.2 Å². The van der Waals surface area contributed by atoms with Gasteiger partial charge in [-0.3, -0.25) is 0 Å². The lowest BCUT2D eigenvalue weighted by atomic mass is 10.1. The van der Waals surface area contributed by atoms with Crippen molar-refractivity contribution in [2.45, 2.75) is 0 Å². The van der Waals surface area contributed by atoms with Gasteiger partial charge in [-0.2, -0.15) is 0 Å². The molecule has 14 heavy (non-hydrogen) atoms. The normalized spacial score (nSPS) is 12.2. The Kier molecular flexibility index (Phi) is 1.54. The predicted molar refractivity (Wildman–Crippen MR) is 64.3 cm³/mol. The van der Waals surface area contributed by atoms with Gasteiger partial charge >= 0.3 is 0 Å². The van der Waals surface area contributed by atoms with Gasteiger partial charge in [-0.1, -0.05) is 35.9 Å². The van der Waals surface area contributed by atoms with Crippen molar-refractivity contribution < 1.29 is 1.37 Å². The number of halogens is 1. The van der Waals surface area contributed by atoms with Gasteiger partial charge in [0.2, 0.25) is 0 Å². The predicted octanol–water partition coefficient (Wildman–Crippen LogP) is 4.71. The van der Waals surface area contributed by atoms with Crippen LogP contribution in [0, 0.1) is 0 Å². The summed E-state index contributed by atoms with van der Waals surface area (Å²) in [5.41, 5.74) is 0. The lowest BCUT2D eigenvalue weighted by Crippen LogP contribution is -1.67. The molecule has 0 atom stereocenters. The molecule has 0 fully saturated rings. The first kappa shape index (κ1) is 7.27. The van der Waals surface area contributed by atoms with E-state index in [4.69, 9.17) is 13.0 Å². The molecule has 0 aliphatic carbocycles. The molecule has 1 heterocycles. The van der Waals surface area contributed by atoms with Crippen LogP contribution in [0.4, 0.5) is 0 Å². The van der Waals surface area contributed by atoms with E-state index in [0.29, 0.717) is 6.04 Å². The van der Waals surface area contributed by atoms with E-state index in [1.54, 1.807) is 23.5 Å². The number of benzene rings is 2. The minimum Gasteiger partial charge on any atom is -0.135 e. The summed E-state index contributed by atoms with van der Waals surface area (Å²) in [4.78, 5) is 0. The van der Waals surface area contributed by atoms with Crippen molar-refractivity contribution in [3.8, 4) is 0 Å². The van der Waals surface area contributed by atoms with Crippen LogP contribution >= 0.6 is 22.9 Å². The second-order valence-electron chi connectivity index (χ2n) is 3.13. The summed E-state index contributed by atoms with van der Waals surface area (Å²) >= 11 is 7.80. The fraction of sp³-hybridized carbons (Fsp3) is 0. The Morgan fingerprint density at radius 3 is 2.86 bits per heavy atom. The molecule has 0 saturated heterocycles. The van der Waals surface area contributed by atoms with Crippen molar-refractivity contribution in [1.82, 2.24) is 0 Å². The monoisotopic (exact) mass is 219 g/mol. The topological polar surface area (TPSA) is 0 Å². The van der Waals surface area contributed by atoms with Gasteiger partial charge < -0.3 is 0 Å². The van der Waals surface area contributed by atoms with Crippen molar-refractivity contribution in [3.05, 3.63) is 47.5 Å². The fourth-order valence-electron chi connectivity index (χ4n) is 1.66. The van der Waals surface area contributed by atoms with Gasteiger partial charge in [-0.15, -0.1) is 11.3 Å². The van der Waals surface area contributed by atoms with E-state index >= 15 is 0 Å². The quantitative estimate of drug-likeness (QED) is 0.514. The average molecular weight is 220 g/mol. The highest BCUT2D eigenvalue weighted by atomic mass is 35.5. The van der Waals surface area contributed by atoms with E-state index in [1.165, 1.54) is 4.70 Å². The molecule has 0 aliphatic rings. The van der Waals surface area contributed by atoms with Gasteiger partial charge in [0.15, 0.2) is 0 Å². The fourth-order valence-corrected chi connectivity index (χ4v) is 3.07. The molecule has 3 rings (SSSR count). The largest absolute Gasteiger partial charge is 0.135 e. The first-order valence-electron chi connectivity index (χ1n) is 4.84. The SMILES string of the molecule is [2H]c1ccc(Cl)c2c1sc1ccccc12. The Labute approximate surface area is 92.1 Å². The van der Waals surface area contributed by atoms with E-state index < -0.39 is 0 Å². The van der Waals surface area contributed by atoms with Gasteiger partial charge in [-0.25, -0.2) is 0 Å². The second kappa shape index (κ2) is 2.97. The van der Waals surface area contributed by atoms with Crippen LogP contribution in [0.5, 0.6) is 0 Å². The molecule has 0 nitrogen and oxygen atoms in total. The van der Waals surface area contributed by atoms with Gasteiger partial charge in [0.05, 0.1) is 1.37 Å². The van der Waals surface area contributed by atoms with Gasteiger partial charge in [0.25, 0.3) is 0 Å². The van der Waals surface area contributed by atoms with Crippen LogP contribution < -0.4 is 0 Å². The zero-order valence-corrected chi connectivity index (χ0v) is 8.82. The molecule has 0 bridgehead atoms. The van der Waals surface area contributed by atoms with Crippen LogP contribution in [0.3, 0.4) is 0 Å². The van der Waals surface area contributed by atoms with Crippen LogP contribution in [-0.2, 0) is 0 Å². The number of hydrogen-bond donors (Lipinski definition) is 0.